The van der Waals surface area contributed by atoms with Gasteiger partial charge in [-0.05, 0) is 18.9 Å². The highest BCUT2D eigenvalue weighted by Crippen LogP contribution is 2.16. The Hall–Kier alpha value is -2.18. The minimum atomic E-state index is -0.0750. The Balaban J connectivity index is 1.69. The van der Waals surface area contributed by atoms with E-state index < -0.39 is 0 Å². The van der Waals surface area contributed by atoms with Crippen LogP contribution in [-0.2, 0) is 4.79 Å². The maximum absolute atomic E-state index is 12.6. The Labute approximate surface area is 136 Å². The molecule has 2 aliphatic heterocycles. The molecule has 1 aromatic rings. The fourth-order valence-electron chi connectivity index (χ4n) is 3.08. The Morgan fingerprint density at radius 2 is 1.70 bits per heavy atom. The molecule has 0 radical (unpaired) electrons. The number of carbonyl (C=O) groups excluding carboxylic acids is 2. The second-order valence-electron chi connectivity index (χ2n) is 6.08. The van der Waals surface area contributed by atoms with Gasteiger partial charge in [-0.1, -0.05) is 12.8 Å². The van der Waals surface area contributed by atoms with Crippen molar-refractivity contribution in [3.8, 4) is 0 Å². The van der Waals surface area contributed by atoms with Gasteiger partial charge in [0, 0.05) is 45.5 Å². The van der Waals surface area contributed by atoms with E-state index >= 15 is 0 Å². The molecule has 3 heterocycles. The second-order valence-corrected chi connectivity index (χ2v) is 6.08. The number of carbonyl (C=O) groups is 2. The third-order valence-corrected chi connectivity index (χ3v) is 4.50. The molecule has 0 spiro atoms. The van der Waals surface area contributed by atoms with Gasteiger partial charge in [0.05, 0.1) is 0 Å². The number of hydrogen-bond donors (Lipinski definition) is 0. The van der Waals surface area contributed by atoms with E-state index in [2.05, 4.69) is 14.9 Å². The Kier molecular flexibility index (Phi) is 5.05. The van der Waals surface area contributed by atoms with Crippen molar-refractivity contribution in [2.24, 2.45) is 0 Å². The summed E-state index contributed by atoms with van der Waals surface area (Å²) in [6, 6.07) is 1.68. The van der Waals surface area contributed by atoms with Gasteiger partial charge in [-0.25, -0.2) is 9.97 Å². The molecule has 7 heteroatoms. The van der Waals surface area contributed by atoms with Gasteiger partial charge in [0.15, 0.2) is 0 Å². The van der Waals surface area contributed by atoms with E-state index in [-0.39, 0.29) is 5.91 Å². The highest BCUT2D eigenvalue weighted by Gasteiger charge is 2.23. The lowest BCUT2D eigenvalue weighted by atomic mass is 10.2. The molecular weight excluding hydrogens is 294 g/mol. The van der Waals surface area contributed by atoms with E-state index in [0.717, 1.165) is 32.3 Å². The van der Waals surface area contributed by atoms with Crippen LogP contribution in [0.25, 0.3) is 0 Å². The van der Waals surface area contributed by atoms with Gasteiger partial charge in [0.1, 0.15) is 5.69 Å². The van der Waals surface area contributed by atoms with E-state index in [1.54, 1.807) is 22.1 Å². The summed E-state index contributed by atoms with van der Waals surface area (Å²) in [6.07, 6.45) is 7.29. The monoisotopic (exact) mass is 317 g/mol. The van der Waals surface area contributed by atoms with Gasteiger partial charge >= 0.3 is 0 Å². The normalized spacial score (nSPS) is 19.4. The van der Waals surface area contributed by atoms with Crippen LogP contribution in [0.4, 0.5) is 5.95 Å². The number of nitrogens with zero attached hydrogens (tertiary/aromatic N) is 5. The molecule has 2 aliphatic rings. The Bertz CT molecular complexity index is 549. The number of amides is 2. The highest BCUT2D eigenvalue weighted by molar-refractivity contribution is 5.92. The van der Waals surface area contributed by atoms with Crippen molar-refractivity contribution >= 4 is 18.3 Å². The number of rotatable bonds is 3. The first-order chi connectivity index (χ1) is 11.3. The first-order valence-corrected chi connectivity index (χ1v) is 8.34. The van der Waals surface area contributed by atoms with Crippen LogP contribution in [0.2, 0.25) is 0 Å². The predicted octanol–water partition coefficient (Wildman–Crippen LogP) is 0.771. The number of anilines is 1. The van der Waals surface area contributed by atoms with E-state index in [4.69, 9.17) is 0 Å². The first-order valence-electron chi connectivity index (χ1n) is 8.34. The van der Waals surface area contributed by atoms with Crippen LogP contribution in [0.3, 0.4) is 0 Å². The lowest BCUT2D eigenvalue weighted by Crippen LogP contribution is -2.48. The maximum Gasteiger partial charge on any atom is 0.272 e. The van der Waals surface area contributed by atoms with Crippen LogP contribution in [0, 0.1) is 0 Å². The van der Waals surface area contributed by atoms with Gasteiger partial charge in [-0.2, -0.15) is 0 Å². The smallest absolute Gasteiger partial charge is 0.272 e. The van der Waals surface area contributed by atoms with Gasteiger partial charge in [-0.15, -0.1) is 0 Å². The SMILES string of the molecule is O=CN1CCN(C(=O)c2ccnc(N3CCCCCC3)n2)CC1. The van der Waals surface area contributed by atoms with Gasteiger partial charge < -0.3 is 14.7 Å². The molecule has 124 valence electrons. The molecule has 1 aromatic heterocycles. The highest BCUT2D eigenvalue weighted by atomic mass is 16.2. The minimum absolute atomic E-state index is 0.0750. The summed E-state index contributed by atoms with van der Waals surface area (Å²) < 4.78 is 0. The van der Waals surface area contributed by atoms with Crippen molar-refractivity contribution in [2.45, 2.75) is 25.7 Å². The third-order valence-electron chi connectivity index (χ3n) is 4.50. The third kappa shape index (κ3) is 3.78. The first kappa shape index (κ1) is 15.7. The minimum Gasteiger partial charge on any atom is -0.342 e. The van der Waals surface area contributed by atoms with Crippen molar-refractivity contribution in [1.29, 1.82) is 0 Å². The van der Waals surface area contributed by atoms with Crippen molar-refractivity contribution in [2.75, 3.05) is 44.2 Å². The average Bonchev–Trinajstić information content (AvgIpc) is 2.91. The molecule has 2 saturated heterocycles. The van der Waals surface area contributed by atoms with Crippen molar-refractivity contribution in [3.63, 3.8) is 0 Å². The number of piperazine rings is 1. The molecule has 0 aliphatic carbocycles. The van der Waals surface area contributed by atoms with Crippen LogP contribution < -0.4 is 4.90 Å². The zero-order valence-corrected chi connectivity index (χ0v) is 13.4. The zero-order valence-electron chi connectivity index (χ0n) is 13.4. The van der Waals surface area contributed by atoms with Crippen LogP contribution in [0.15, 0.2) is 12.3 Å². The molecule has 2 amide bonds. The standard InChI is InChI=1S/C16H23N5O2/c22-13-19-9-11-20(12-10-19)15(23)14-5-6-17-16(18-14)21-7-3-1-2-4-8-21/h5-6,13H,1-4,7-12H2. The number of hydrogen-bond acceptors (Lipinski definition) is 5. The Morgan fingerprint density at radius 3 is 2.35 bits per heavy atom. The summed E-state index contributed by atoms with van der Waals surface area (Å²) in [6.45, 7) is 4.19. The van der Waals surface area contributed by atoms with Gasteiger partial charge in [-0.3, -0.25) is 9.59 Å². The van der Waals surface area contributed by atoms with E-state index in [0.29, 0.717) is 37.8 Å². The summed E-state index contributed by atoms with van der Waals surface area (Å²) in [5.41, 5.74) is 0.443. The molecule has 7 nitrogen and oxygen atoms in total. The molecule has 0 atom stereocenters. The fraction of sp³-hybridized carbons (Fsp3) is 0.625. The van der Waals surface area contributed by atoms with E-state index in [1.165, 1.54) is 12.8 Å². The molecule has 0 unspecified atom stereocenters. The summed E-state index contributed by atoms with van der Waals surface area (Å²) in [5, 5.41) is 0. The quantitative estimate of drug-likeness (QED) is 0.770. The van der Waals surface area contributed by atoms with Crippen LogP contribution >= 0.6 is 0 Å². The predicted molar refractivity (Wildman–Crippen MR) is 86.3 cm³/mol. The zero-order chi connectivity index (χ0) is 16.1. The average molecular weight is 317 g/mol. The molecule has 0 bridgehead atoms. The second kappa shape index (κ2) is 7.39. The topological polar surface area (TPSA) is 69.6 Å². The summed E-state index contributed by atoms with van der Waals surface area (Å²) >= 11 is 0. The summed E-state index contributed by atoms with van der Waals surface area (Å²) in [5.74, 6) is 0.582. The molecule has 2 fully saturated rings. The van der Waals surface area contributed by atoms with Gasteiger partial charge in [0.2, 0.25) is 12.4 Å². The van der Waals surface area contributed by atoms with E-state index in [9.17, 15) is 9.59 Å². The molecule has 23 heavy (non-hydrogen) atoms. The summed E-state index contributed by atoms with van der Waals surface area (Å²) in [4.78, 5) is 37.8. The van der Waals surface area contributed by atoms with Crippen molar-refractivity contribution < 1.29 is 9.59 Å². The van der Waals surface area contributed by atoms with Crippen LogP contribution in [0.1, 0.15) is 36.2 Å². The number of aromatic nitrogens is 2. The summed E-state index contributed by atoms with van der Waals surface area (Å²) in [7, 11) is 0. The fourth-order valence-corrected chi connectivity index (χ4v) is 3.08. The lowest BCUT2D eigenvalue weighted by Gasteiger charge is -2.32. The molecule has 3 rings (SSSR count). The molecule has 0 aromatic carbocycles. The van der Waals surface area contributed by atoms with Crippen LogP contribution in [-0.4, -0.2) is 71.4 Å². The largest absolute Gasteiger partial charge is 0.342 e. The lowest BCUT2D eigenvalue weighted by molar-refractivity contribution is -0.119. The molecular formula is C16H23N5O2. The molecule has 0 saturated carbocycles. The molecule has 0 N–H and O–H groups in total. The van der Waals surface area contributed by atoms with E-state index in [1.807, 2.05) is 0 Å². The van der Waals surface area contributed by atoms with Crippen molar-refractivity contribution in [1.82, 2.24) is 19.8 Å². The van der Waals surface area contributed by atoms with Crippen LogP contribution in [0.5, 0.6) is 0 Å². The maximum atomic E-state index is 12.6. The Morgan fingerprint density at radius 1 is 1.00 bits per heavy atom. The van der Waals surface area contributed by atoms with Gasteiger partial charge in [0.25, 0.3) is 5.91 Å². The van der Waals surface area contributed by atoms with Crippen molar-refractivity contribution in [3.05, 3.63) is 18.0 Å².